The van der Waals surface area contributed by atoms with E-state index in [1.165, 1.54) is 127 Å². The molecule has 7 aromatic carbocycles. The summed E-state index contributed by atoms with van der Waals surface area (Å²) in [4.78, 5) is 0. The molecule has 7 aromatic rings. The van der Waals surface area contributed by atoms with Crippen molar-refractivity contribution >= 4 is 121 Å². The van der Waals surface area contributed by atoms with Crippen molar-refractivity contribution in [1.82, 2.24) is 0 Å². The van der Waals surface area contributed by atoms with Crippen molar-refractivity contribution in [3.8, 4) is 0 Å². The highest BCUT2D eigenvalue weighted by atomic mass is 35.5. The average molecular weight is 1020 g/mol. The van der Waals surface area contributed by atoms with Crippen molar-refractivity contribution in [2.45, 2.75) is 0 Å². The number of nitrogen functional groups attached to an aromatic ring is 7. The Balaban J connectivity index is 0.000000367. The summed E-state index contributed by atoms with van der Waals surface area (Å²) in [5.74, 6) is -3.07. The Hall–Kier alpha value is -5.32. The fourth-order valence-corrected chi connectivity index (χ4v) is 4.91. The average Bonchev–Trinajstić information content (AvgIpc) is 3.21. The molecule has 7 rings (SSSR count). The van der Waals surface area contributed by atoms with Gasteiger partial charge < -0.3 is 40.1 Å². The number of hydrogen-bond acceptors (Lipinski definition) is 7. The number of halogens is 14. The van der Waals surface area contributed by atoms with Crippen LogP contribution in [0.4, 0.5) is 70.5 Å². The minimum absolute atomic E-state index is 0.0648. The molecule has 0 saturated carbocycles. The molecule has 0 aliphatic carbocycles. The highest BCUT2D eigenvalue weighted by Gasteiger charge is 2.00. The predicted octanol–water partition coefficient (Wildman–Crippen LogP) is 14.4. The molecule has 0 heterocycles. The van der Waals surface area contributed by atoms with Gasteiger partial charge in [-0.05, 0) is 127 Å². The van der Waals surface area contributed by atoms with Gasteiger partial charge >= 0.3 is 0 Å². The summed E-state index contributed by atoms with van der Waals surface area (Å²) in [6.07, 6.45) is 0. The van der Waals surface area contributed by atoms with Crippen molar-refractivity contribution in [1.29, 1.82) is 0 Å². The maximum absolute atomic E-state index is 12.3. The number of nitrogens with two attached hydrogens (primary N) is 7. The van der Waals surface area contributed by atoms with Crippen LogP contribution in [-0.2, 0) is 0 Å². The zero-order valence-corrected chi connectivity index (χ0v) is 37.2. The molecular formula is C42H35Cl7F7N7. The van der Waals surface area contributed by atoms with Crippen molar-refractivity contribution < 1.29 is 30.7 Å². The standard InChI is InChI=1S/7C6H5ClFN/c7*7-5-3-4(9)1-2-6(5)8/h7*1-3H,9H2. The van der Waals surface area contributed by atoms with Gasteiger partial charge in [0.05, 0.1) is 35.2 Å². The molecule has 7 nitrogen and oxygen atoms in total. The van der Waals surface area contributed by atoms with Crippen LogP contribution in [0.5, 0.6) is 0 Å². The number of hydrogen-bond donors (Lipinski definition) is 7. The van der Waals surface area contributed by atoms with Crippen LogP contribution in [0.2, 0.25) is 35.2 Å². The van der Waals surface area contributed by atoms with Crippen molar-refractivity contribution in [2.75, 3.05) is 40.1 Å². The van der Waals surface area contributed by atoms with E-state index >= 15 is 0 Å². The third kappa shape index (κ3) is 23.1. The first-order valence-electron chi connectivity index (χ1n) is 16.8. The third-order valence-corrected chi connectivity index (χ3v) is 8.63. The molecule has 0 aromatic heterocycles. The van der Waals surface area contributed by atoms with Crippen molar-refractivity contribution in [2.24, 2.45) is 0 Å². The van der Waals surface area contributed by atoms with Crippen LogP contribution in [0.3, 0.4) is 0 Å². The second kappa shape index (κ2) is 28.4. The number of anilines is 7. The minimum Gasteiger partial charge on any atom is -0.399 e. The van der Waals surface area contributed by atoms with Crippen LogP contribution < -0.4 is 40.1 Å². The highest BCUT2D eigenvalue weighted by molar-refractivity contribution is 6.32. The first-order valence-corrected chi connectivity index (χ1v) is 19.5. The largest absolute Gasteiger partial charge is 0.399 e. The summed E-state index contributed by atoms with van der Waals surface area (Å²) < 4.78 is 86.2. The van der Waals surface area contributed by atoms with E-state index in [1.54, 1.807) is 0 Å². The van der Waals surface area contributed by atoms with Crippen molar-refractivity contribution in [3.63, 3.8) is 0 Å². The van der Waals surface area contributed by atoms with E-state index in [4.69, 9.17) is 121 Å². The van der Waals surface area contributed by atoms with Gasteiger partial charge in [-0.2, -0.15) is 0 Å². The fraction of sp³-hybridized carbons (Fsp3) is 0. The van der Waals surface area contributed by atoms with E-state index in [9.17, 15) is 30.7 Å². The molecule has 0 saturated heterocycles. The normalized spacial score (nSPS) is 9.56. The van der Waals surface area contributed by atoms with Gasteiger partial charge in [-0.3, -0.25) is 0 Å². The Bertz CT molecular complexity index is 2060. The zero-order valence-electron chi connectivity index (χ0n) is 32.0. The summed E-state index contributed by atoms with van der Waals surface area (Å²) in [7, 11) is 0. The number of benzene rings is 7. The van der Waals surface area contributed by atoms with Gasteiger partial charge in [0.2, 0.25) is 0 Å². The second-order valence-electron chi connectivity index (χ2n) is 11.7. The molecule has 0 bridgehead atoms. The molecule has 0 aliphatic rings. The lowest BCUT2D eigenvalue weighted by molar-refractivity contribution is 0.628. The Morgan fingerprint density at radius 2 is 0.302 bits per heavy atom. The lowest BCUT2D eigenvalue weighted by Crippen LogP contribution is -1.84. The Kier molecular flexibility index (Phi) is 25.1. The van der Waals surface area contributed by atoms with Crippen LogP contribution >= 0.6 is 81.2 Å². The molecule has 21 heteroatoms. The molecular weight excluding hydrogens is 984 g/mol. The van der Waals surface area contributed by atoms with Crippen LogP contribution in [0, 0.1) is 40.7 Å². The Morgan fingerprint density at radius 3 is 0.365 bits per heavy atom. The molecule has 0 spiro atoms. The first kappa shape index (κ1) is 55.7. The summed E-state index contributed by atoms with van der Waals surface area (Å²) in [6, 6.07) is 28.5. The van der Waals surface area contributed by atoms with E-state index in [0.29, 0.717) is 39.8 Å². The molecule has 0 atom stereocenters. The van der Waals surface area contributed by atoms with E-state index < -0.39 is 40.7 Å². The van der Waals surface area contributed by atoms with Crippen LogP contribution in [-0.4, -0.2) is 0 Å². The monoisotopic (exact) mass is 1020 g/mol. The highest BCUT2D eigenvalue weighted by Crippen LogP contribution is 2.21. The second-order valence-corrected chi connectivity index (χ2v) is 14.6. The van der Waals surface area contributed by atoms with Gasteiger partial charge in [-0.15, -0.1) is 0 Å². The maximum Gasteiger partial charge on any atom is 0.141 e. The summed E-state index contributed by atoms with van der Waals surface area (Å²) in [5.41, 5.74) is 40.2. The van der Waals surface area contributed by atoms with Crippen LogP contribution in [0.25, 0.3) is 0 Å². The Morgan fingerprint density at radius 1 is 0.206 bits per heavy atom. The lowest BCUT2D eigenvalue weighted by atomic mass is 10.3. The molecule has 63 heavy (non-hydrogen) atoms. The molecule has 0 radical (unpaired) electrons. The third-order valence-electron chi connectivity index (χ3n) is 6.61. The Labute approximate surface area is 392 Å². The van der Waals surface area contributed by atoms with Gasteiger partial charge in [-0.1, -0.05) is 81.2 Å². The first-order chi connectivity index (χ1) is 29.4. The van der Waals surface area contributed by atoms with E-state index in [2.05, 4.69) is 0 Å². The quantitative estimate of drug-likeness (QED) is 0.0583. The van der Waals surface area contributed by atoms with Crippen LogP contribution in [0.15, 0.2) is 127 Å². The van der Waals surface area contributed by atoms with Gasteiger partial charge in [0.15, 0.2) is 0 Å². The fourth-order valence-electron chi connectivity index (χ4n) is 3.59. The molecule has 14 N–H and O–H groups in total. The summed E-state index contributed by atoms with van der Waals surface area (Å²) >= 11 is 37.5. The summed E-state index contributed by atoms with van der Waals surface area (Å²) in [6.45, 7) is 0. The van der Waals surface area contributed by atoms with Gasteiger partial charge in [0.25, 0.3) is 0 Å². The topological polar surface area (TPSA) is 182 Å². The maximum atomic E-state index is 12.3. The van der Waals surface area contributed by atoms with Gasteiger partial charge in [-0.25, -0.2) is 30.7 Å². The SMILES string of the molecule is Nc1ccc(F)c(Cl)c1.Nc1ccc(F)c(Cl)c1.Nc1ccc(F)c(Cl)c1.Nc1ccc(F)c(Cl)c1.Nc1ccc(F)c(Cl)c1.Nc1ccc(F)c(Cl)c1.Nc1ccc(F)c(Cl)c1. The minimum atomic E-state index is -0.439. The molecule has 0 fully saturated rings. The van der Waals surface area contributed by atoms with Crippen LogP contribution in [0.1, 0.15) is 0 Å². The van der Waals surface area contributed by atoms with Gasteiger partial charge in [0.1, 0.15) is 40.7 Å². The predicted molar refractivity (Wildman–Crippen MR) is 251 cm³/mol. The smallest absolute Gasteiger partial charge is 0.141 e. The number of rotatable bonds is 0. The molecule has 0 unspecified atom stereocenters. The molecule has 336 valence electrons. The lowest BCUT2D eigenvalue weighted by Gasteiger charge is -1.93. The van der Waals surface area contributed by atoms with E-state index in [0.717, 1.165) is 0 Å². The molecule has 0 aliphatic heterocycles. The zero-order chi connectivity index (χ0) is 48.0. The summed E-state index contributed by atoms with van der Waals surface area (Å²) in [5, 5.41) is 0.454. The molecule has 0 amide bonds. The van der Waals surface area contributed by atoms with E-state index in [-0.39, 0.29) is 35.2 Å². The van der Waals surface area contributed by atoms with Crippen molar-refractivity contribution in [3.05, 3.63) is 203 Å². The van der Waals surface area contributed by atoms with Gasteiger partial charge in [0, 0.05) is 39.8 Å². The van der Waals surface area contributed by atoms with E-state index in [1.807, 2.05) is 0 Å².